The van der Waals surface area contributed by atoms with E-state index in [2.05, 4.69) is 25.4 Å². The predicted molar refractivity (Wildman–Crippen MR) is 117 cm³/mol. The zero-order valence-electron chi connectivity index (χ0n) is 16.6. The number of aromatic nitrogens is 6. The van der Waals surface area contributed by atoms with Crippen molar-refractivity contribution in [3.63, 3.8) is 0 Å². The number of amides is 1. The Labute approximate surface area is 177 Å². The molecular weight excluding hydrogens is 390 g/mol. The molecule has 0 bridgehead atoms. The summed E-state index contributed by atoms with van der Waals surface area (Å²) in [6.45, 7) is 0. The van der Waals surface area contributed by atoms with Crippen LogP contribution < -0.4 is 5.32 Å². The van der Waals surface area contributed by atoms with Crippen LogP contribution in [0.5, 0.6) is 0 Å². The number of fused-ring (bicyclic) bond motifs is 2. The molecule has 1 aliphatic rings. The standard InChI is InChI=1S/C23H19N7O/c31-23(28-16-5-2-7-24-10-16)19-13-27-30-8-6-15(9-20(19)30)17-11-26-22-18(17)12-25-21(29-22)14-3-1-4-14/h2,5-14H,1,3-4H2,(H,28,31)(H,25,26,29). The summed E-state index contributed by atoms with van der Waals surface area (Å²) in [6.07, 6.45) is 14.1. The van der Waals surface area contributed by atoms with Crippen LogP contribution in [0.3, 0.4) is 0 Å². The Morgan fingerprint density at radius 3 is 2.94 bits per heavy atom. The number of nitrogens with one attached hydrogen (secondary N) is 2. The van der Waals surface area contributed by atoms with Crippen LogP contribution in [0.25, 0.3) is 27.7 Å². The summed E-state index contributed by atoms with van der Waals surface area (Å²) < 4.78 is 1.70. The highest BCUT2D eigenvalue weighted by atomic mass is 16.1. The maximum Gasteiger partial charge on any atom is 0.259 e. The number of hydrogen-bond acceptors (Lipinski definition) is 5. The number of anilines is 1. The van der Waals surface area contributed by atoms with Gasteiger partial charge in [-0.2, -0.15) is 5.10 Å². The van der Waals surface area contributed by atoms with Gasteiger partial charge in [0.25, 0.3) is 5.91 Å². The Hall–Kier alpha value is -4.07. The minimum atomic E-state index is -0.229. The molecule has 5 aromatic heterocycles. The van der Waals surface area contributed by atoms with E-state index in [0.29, 0.717) is 17.2 Å². The second-order valence-electron chi connectivity index (χ2n) is 7.82. The maximum absolute atomic E-state index is 12.8. The first-order valence-electron chi connectivity index (χ1n) is 10.3. The van der Waals surface area contributed by atoms with Gasteiger partial charge in [0.05, 0.1) is 29.2 Å². The van der Waals surface area contributed by atoms with Gasteiger partial charge in [-0.1, -0.05) is 6.42 Å². The van der Waals surface area contributed by atoms with Crippen molar-refractivity contribution in [1.29, 1.82) is 0 Å². The fourth-order valence-electron chi connectivity index (χ4n) is 3.98. The Bertz CT molecular complexity index is 1420. The Kier molecular flexibility index (Phi) is 4.02. The van der Waals surface area contributed by atoms with Crippen molar-refractivity contribution in [2.45, 2.75) is 25.2 Å². The van der Waals surface area contributed by atoms with E-state index < -0.39 is 0 Å². The van der Waals surface area contributed by atoms with Gasteiger partial charge in [0.1, 0.15) is 11.5 Å². The van der Waals surface area contributed by atoms with Gasteiger partial charge < -0.3 is 10.3 Å². The molecule has 5 heterocycles. The molecule has 0 aliphatic heterocycles. The first-order valence-corrected chi connectivity index (χ1v) is 10.3. The lowest BCUT2D eigenvalue weighted by atomic mass is 9.85. The molecule has 0 radical (unpaired) electrons. The summed E-state index contributed by atoms with van der Waals surface area (Å²) in [5.41, 5.74) is 4.66. The van der Waals surface area contributed by atoms with Gasteiger partial charge in [-0.25, -0.2) is 14.5 Å². The lowest BCUT2D eigenvalue weighted by Gasteiger charge is -2.23. The molecular formula is C23H19N7O. The third-order valence-electron chi connectivity index (χ3n) is 5.92. The van der Waals surface area contributed by atoms with Gasteiger partial charge in [-0.15, -0.1) is 0 Å². The summed E-state index contributed by atoms with van der Waals surface area (Å²) in [5.74, 6) is 1.18. The number of aromatic amines is 1. The number of carbonyl (C=O) groups is 1. The fourth-order valence-corrected chi connectivity index (χ4v) is 3.98. The molecule has 1 saturated carbocycles. The molecule has 2 N–H and O–H groups in total. The van der Waals surface area contributed by atoms with Crippen molar-refractivity contribution >= 4 is 28.1 Å². The smallest absolute Gasteiger partial charge is 0.259 e. The van der Waals surface area contributed by atoms with Gasteiger partial charge in [0, 0.05) is 41.7 Å². The van der Waals surface area contributed by atoms with Gasteiger partial charge in [-0.05, 0) is 42.7 Å². The van der Waals surface area contributed by atoms with Crippen molar-refractivity contribution in [3.8, 4) is 11.1 Å². The largest absolute Gasteiger partial charge is 0.345 e. The number of carbonyl (C=O) groups excluding carboxylic acids is 1. The van der Waals surface area contributed by atoms with E-state index in [0.717, 1.165) is 33.5 Å². The second-order valence-corrected chi connectivity index (χ2v) is 7.82. The van der Waals surface area contributed by atoms with E-state index in [4.69, 9.17) is 4.98 Å². The highest BCUT2D eigenvalue weighted by molar-refractivity contribution is 6.09. The molecule has 1 aliphatic carbocycles. The summed E-state index contributed by atoms with van der Waals surface area (Å²) in [7, 11) is 0. The molecule has 152 valence electrons. The normalized spacial score (nSPS) is 14.1. The van der Waals surface area contributed by atoms with Crippen LogP contribution >= 0.6 is 0 Å². The third-order valence-corrected chi connectivity index (χ3v) is 5.92. The van der Waals surface area contributed by atoms with Crippen molar-refractivity contribution in [3.05, 3.63) is 72.8 Å². The average molecular weight is 409 g/mol. The highest BCUT2D eigenvalue weighted by Crippen LogP contribution is 2.36. The zero-order chi connectivity index (χ0) is 20.8. The molecule has 0 spiro atoms. The molecule has 0 atom stereocenters. The Balaban J connectivity index is 1.37. The second kappa shape index (κ2) is 7.02. The van der Waals surface area contributed by atoms with E-state index >= 15 is 0 Å². The SMILES string of the molecule is O=C(Nc1cccnc1)c1cnn2ccc(-c3c[nH]c4nc(C5CCC5)ncc34)cc12. The van der Waals surface area contributed by atoms with E-state index in [1.165, 1.54) is 19.3 Å². The zero-order valence-corrected chi connectivity index (χ0v) is 16.6. The van der Waals surface area contributed by atoms with Crippen molar-refractivity contribution in [2.75, 3.05) is 5.32 Å². The minimum Gasteiger partial charge on any atom is -0.345 e. The van der Waals surface area contributed by atoms with Crippen LogP contribution in [0, 0.1) is 0 Å². The van der Waals surface area contributed by atoms with Crippen LogP contribution in [-0.2, 0) is 0 Å². The highest BCUT2D eigenvalue weighted by Gasteiger charge is 2.23. The van der Waals surface area contributed by atoms with Gasteiger partial charge in [-0.3, -0.25) is 9.78 Å². The molecule has 0 saturated heterocycles. The number of hydrogen-bond donors (Lipinski definition) is 2. The average Bonchev–Trinajstić information content (AvgIpc) is 3.36. The maximum atomic E-state index is 12.8. The predicted octanol–water partition coefficient (Wildman–Crippen LogP) is 4.19. The van der Waals surface area contributed by atoms with Crippen LogP contribution in [0.15, 0.2) is 61.4 Å². The molecule has 0 aromatic carbocycles. The number of pyridine rings is 2. The monoisotopic (exact) mass is 409 g/mol. The number of H-pyrrole nitrogens is 1. The molecule has 8 nitrogen and oxygen atoms in total. The first kappa shape index (κ1) is 17.8. The molecule has 1 fully saturated rings. The van der Waals surface area contributed by atoms with Gasteiger partial charge in [0.15, 0.2) is 0 Å². The molecule has 8 heteroatoms. The quantitative estimate of drug-likeness (QED) is 0.464. The molecule has 0 unspecified atom stereocenters. The Morgan fingerprint density at radius 2 is 2.13 bits per heavy atom. The van der Waals surface area contributed by atoms with Crippen molar-refractivity contribution in [2.24, 2.45) is 0 Å². The summed E-state index contributed by atoms with van der Waals surface area (Å²) in [5, 5.41) is 8.15. The number of nitrogens with zero attached hydrogens (tertiary/aromatic N) is 5. The van der Waals surface area contributed by atoms with E-state index in [1.807, 2.05) is 30.7 Å². The summed E-state index contributed by atoms with van der Waals surface area (Å²) >= 11 is 0. The summed E-state index contributed by atoms with van der Waals surface area (Å²) in [6, 6.07) is 7.52. The van der Waals surface area contributed by atoms with Crippen LogP contribution in [0.1, 0.15) is 41.4 Å². The lowest BCUT2D eigenvalue weighted by molar-refractivity contribution is 0.102. The van der Waals surface area contributed by atoms with Crippen molar-refractivity contribution in [1.82, 2.24) is 29.5 Å². The molecule has 31 heavy (non-hydrogen) atoms. The van der Waals surface area contributed by atoms with Gasteiger partial charge >= 0.3 is 0 Å². The van der Waals surface area contributed by atoms with E-state index in [1.54, 1.807) is 35.2 Å². The van der Waals surface area contributed by atoms with Crippen LogP contribution in [0.2, 0.25) is 0 Å². The first-order chi connectivity index (χ1) is 15.3. The van der Waals surface area contributed by atoms with Crippen LogP contribution in [-0.4, -0.2) is 35.5 Å². The minimum absolute atomic E-state index is 0.229. The third kappa shape index (κ3) is 3.04. The van der Waals surface area contributed by atoms with E-state index in [9.17, 15) is 4.79 Å². The fraction of sp³-hybridized carbons (Fsp3) is 0.174. The van der Waals surface area contributed by atoms with Gasteiger partial charge in [0.2, 0.25) is 0 Å². The molecule has 1 amide bonds. The topological polar surface area (TPSA) is 101 Å². The lowest BCUT2D eigenvalue weighted by Crippen LogP contribution is -2.12. The van der Waals surface area contributed by atoms with E-state index in [-0.39, 0.29) is 5.91 Å². The van der Waals surface area contributed by atoms with Crippen LogP contribution in [0.4, 0.5) is 5.69 Å². The number of rotatable bonds is 4. The van der Waals surface area contributed by atoms with Crippen molar-refractivity contribution < 1.29 is 4.79 Å². The molecule has 6 rings (SSSR count). The molecule has 5 aromatic rings. The Morgan fingerprint density at radius 1 is 1.19 bits per heavy atom. The summed E-state index contributed by atoms with van der Waals surface area (Å²) in [4.78, 5) is 29.5.